The van der Waals surface area contributed by atoms with Crippen LogP contribution in [0.25, 0.3) is 0 Å². The molecule has 0 heterocycles. The van der Waals surface area contributed by atoms with Gasteiger partial charge in [-0.3, -0.25) is 4.79 Å². The molecule has 0 fully saturated rings. The van der Waals surface area contributed by atoms with Gasteiger partial charge in [-0.25, -0.2) is 4.79 Å². The van der Waals surface area contributed by atoms with Crippen molar-refractivity contribution in [3.8, 4) is 0 Å². The second-order valence-electron chi connectivity index (χ2n) is 5.58. The highest BCUT2D eigenvalue weighted by Gasteiger charge is 2.34. The zero-order valence-corrected chi connectivity index (χ0v) is 14.3. The molecule has 2 N–H and O–H groups in total. The van der Waals surface area contributed by atoms with Gasteiger partial charge in [-0.15, -0.1) is 0 Å². The summed E-state index contributed by atoms with van der Waals surface area (Å²) in [6.45, 7) is 1.54. The second-order valence-corrected chi connectivity index (χ2v) is 6.50. The molecule has 0 aromatic heterocycles. The topological polar surface area (TPSA) is 66.4 Å². The number of hydrogen-bond donors (Lipinski definition) is 2. The Morgan fingerprint density at radius 2 is 1.70 bits per heavy atom. The molecule has 2 aromatic rings. The van der Waals surface area contributed by atoms with E-state index >= 15 is 0 Å². The summed E-state index contributed by atoms with van der Waals surface area (Å²) >= 11 is 3.30. The number of carbonyl (C=O) groups excluding carboxylic acids is 1. The zero-order valence-electron chi connectivity index (χ0n) is 12.8. The number of carbonyl (C=O) groups is 2. The summed E-state index contributed by atoms with van der Waals surface area (Å²) in [7, 11) is 0. The largest absolute Gasteiger partial charge is 0.480 e. The molecular weight excluding hydrogens is 358 g/mol. The number of benzene rings is 2. The van der Waals surface area contributed by atoms with E-state index in [4.69, 9.17) is 0 Å². The maximum absolute atomic E-state index is 12.3. The van der Waals surface area contributed by atoms with Gasteiger partial charge in [0.1, 0.15) is 5.54 Å². The van der Waals surface area contributed by atoms with Gasteiger partial charge in [0.05, 0.1) is 0 Å². The molecule has 0 unspecified atom stereocenters. The molecular formula is C18H18BrNO3. The highest BCUT2D eigenvalue weighted by molar-refractivity contribution is 9.10. The second kappa shape index (κ2) is 7.42. The van der Waals surface area contributed by atoms with E-state index in [0.29, 0.717) is 18.4 Å². The minimum absolute atomic E-state index is 0.314. The molecule has 0 bridgehead atoms. The number of carboxylic acids is 1. The SMILES string of the molecule is C[C@@](CCc1ccccc1)(NC(=O)c1ccc(Br)cc1)C(=O)O. The molecule has 23 heavy (non-hydrogen) atoms. The lowest BCUT2D eigenvalue weighted by molar-refractivity contribution is -0.144. The molecule has 1 amide bonds. The Bertz CT molecular complexity index is 685. The molecule has 0 radical (unpaired) electrons. The van der Waals surface area contributed by atoms with Crippen molar-refractivity contribution in [2.45, 2.75) is 25.3 Å². The molecule has 4 nitrogen and oxygen atoms in total. The van der Waals surface area contributed by atoms with E-state index in [2.05, 4.69) is 21.2 Å². The first kappa shape index (κ1) is 17.2. The van der Waals surface area contributed by atoms with Crippen LogP contribution in [0.2, 0.25) is 0 Å². The quantitative estimate of drug-likeness (QED) is 0.809. The van der Waals surface area contributed by atoms with Gasteiger partial charge in [0.2, 0.25) is 0 Å². The van der Waals surface area contributed by atoms with E-state index in [0.717, 1.165) is 10.0 Å². The predicted molar refractivity (Wildman–Crippen MR) is 92.4 cm³/mol. The molecule has 0 saturated carbocycles. The van der Waals surface area contributed by atoms with E-state index in [9.17, 15) is 14.7 Å². The van der Waals surface area contributed by atoms with Gasteiger partial charge < -0.3 is 10.4 Å². The molecule has 5 heteroatoms. The standard InChI is InChI=1S/C18H18BrNO3/c1-18(17(22)23,12-11-13-5-3-2-4-6-13)20-16(21)14-7-9-15(19)10-8-14/h2-10H,11-12H2,1H3,(H,20,21)(H,22,23)/t18-/m0/s1. The first-order valence-electron chi connectivity index (χ1n) is 7.26. The molecule has 0 aliphatic carbocycles. The van der Waals surface area contributed by atoms with Crippen LogP contribution in [0.3, 0.4) is 0 Å². The number of hydrogen-bond acceptors (Lipinski definition) is 2. The Labute approximate surface area is 143 Å². The van der Waals surface area contributed by atoms with Gasteiger partial charge in [-0.1, -0.05) is 46.3 Å². The molecule has 0 aliphatic rings. The van der Waals surface area contributed by atoms with Crippen molar-refractivity contribution in [3.63, 3.8) is 0 Å². The molecule has 1 atom stereocenters. The Hall–Kier alpha value is -2.14. The predicted octanol–water partition coefficient (Wildman–Crippen LogP) is 3.66. The maximum Gasteiger partial charge on any atom is 0.329 e. The Balaban J connectivity index is 2.09. The number of aliphatic carboxylic acids is 1. The molecule has 2 aromatic carbocycles. The third-order valence-corrected chi connectivity index (χ3v) is 4.25. The average molecular weight is 376 g/mol. The van der Waals surface area contributed by atoms with Gasteiger partial charge in [-0.05, 0) is 49.6 Å². The van der Waals surface area contributed by atoms with Gasteiger partial charge in [0.15, 0.2) is 0 Å². The minimum Gasteiger partial charge on any atom is -0.480 e. The van der Waals surface area contributed by atoms with E-state index in [1.807, 2.05) is 30.3 Å². The van der Waals surface area contributed by atoms with Gasteiger partial charge in [0, 0.05) is 10.0 Å². The van der Waals surface area contributed by atoms with E-state index in [1.165, 1.54) is 6.92 Å². The maximum atomic E-state index is 12.3. The number of aryl methyl sites for hydroxylation is 1. The fraction of sp³-hybridized carbons (Fsp3) is 0.222. The zero-order chi connectivity index (χ0) is 16.9. The fourth-order valence-corrected chi connectivity index (χ4v) is 2.45. The normalized spacial score (nSPS) is 13.1. The first-order chi connectivity index (χ1) is 10.9. The average Bonchev–Trinajstić information content (AvgIpc) is 2.54. The number of halogens is 1. The number of carboxylic acid groups (broad SMARTS) is 1. The summed E-state index contributed by atoms with van der Waals surface area (Å²) in [6.07, 6.45) is 0.888. The summed E-state index contributed by atoms with van der Waals surface area (Å²) in [5.41, 5.74) is 0.151. The number of rotatable bonds is 6. The lowest BCUT2D eigenvalue weighted by Gasteiger charge is -2.26. The lowest BCUT2D eigenvalue weighted by Crippen LogP contribution is -2.52. The monoisotopic (exact) mass is 375 g/mol. The fourth-order valence-electron chi connectivity index (χ4n) is 2.19. The third kappa shape index (κ3) is 4.66. The van der Waals surface area contributed by atoms with Crippen molar-refractivity contribution in [2.24, 2.45) is 0 Å². The molecule has 0 aliphatic heterocycles. The Morgan fingerprint density at radius 3 is 2.26 bits per heavy atom. The lowest BCUT2D eigenvalue weighted by atomic mass is 9.92. The first-order valence-corrected chi connectivity index (χ1v) is 8.05. The van der Waals surface area contributed by atoms with Crippen molar-refractivity contribution in [1.82, 2.24) is 5.32 Å². The molecule has 2 rings (SSSR count). The summed E-state index contributed by atoms with van der Waals surface area (Å²) in [6, 6.07) is 16.4. The summed E-state index contributed by atoms with van der Waals surface area (Å²) in [4.78, 5) is 23.9. The number of amides is 1. The van der Waals surface area contributed by atoms with Crippen LogP contribution in [0.1, 0.15) is 29.3 Å². The van der Waals surface area contributed by atoms with Crippen LogP contribution < -0.4 is 5.32 Å². The minimum atomic E-state index is -1.32. The number of nitrogens with one attached hydrogen (secondary N) is 1. The van der Waals surface area contributed by atoms with Gasteiger partial charge in [0.25, 0.3) is 5.91 Å². The van der Waals surface area contributed by atoms with E-state index < -0.39 is 17.4 Å². The molecule has 0 spiro atoms. The van der Waals surface area contributed by atoms with Crippen molar-refractivity contribution in [3.05, 3.63) is 70.2 Å². The Morgan fingerprint density at radius 1 is 1.09 bits per heavy atom. The smallest absolute Gasteiger partial charge is 0.329 e. The van der Waals surface area contributed by atoms with Gasteiger partial charge in [-0.2, -0.15) is 0 Å². The molecule has 120 valence electrons. The van der Waals surface area contributed by atoms with Crippen molar-refractivity contribution >= 4 is 27.8 Å². The van der Waals surface area contributed by atoms with Crippen molar-refractivity contribution in [2.75, 3.05) is 0 Å². The van der Waals surface area contributed by atoms with Crippen molar-refractivity contribution < 1.29 is 14.7 Å². The van der Waals surface area contributed by atoms with Crippen LogP contribution >= 0.6 is 15.9 Å². The van der Waals surface area contributed by atoms with Crippen LogP contribution in [0.15, 0.2) is 59.1 Å². The highest BCUT2D eigenvalue weighted by Crippen LogP contribution is 2.17. The van der Waals surface area contributed by atoms with Crippen LogP contribution in [-0.4, -0.2) is 22.5 Å². The van der Waals surface area contributed by atoms with Crippen molar-refractivity contribution in [1.29, 1.82) is 0 Å². The summed E-state index contributed by atoms with van der Waals surface area (Å²) in [5.74, 6) is -1.44. The van der Waals surface area contributed by atoms with E-state index in [-0.39, 0.29) is 0 Å². The highest BCUT2D eigenvalue weighted by atomic mass is 79.9. The van der Waals surface area contributed by atoms with Crippen LogP contribution in [0.5, 0.6) is 0 Å². The van der Waals surface area contributed by atoms with Crippen LogP contribution in [0, 0.1) is 0 Å². The van der Waals surface area contributed by atoms with Crippen LogP contribution in [-0.2, 0) is 11.2 Å². The molecule has 0 saturated heterocycles. The third-order valence-electron chi connectivity index (χ3n) is 3.72. The van der Waals surface area contributed by atoms with Crippen LogP contribution in [0.4, 0.5) is 0 Å². The summed E-state index contributed by atoms with van der Waals surface area (Å²) < 4.78 is 0.860. The Kier molecular flexibility index (Phi) is 5.55. The van der Waals surface area contributed by atoms with E-state index in [1.54, 1.807) is 24.3 Å². The van der Waals surface area contributed by atoms with Gasteiger partial charge >= 0.3 is 5.97 Å². The summed E-state index contributed by atoms with van der Waals surface area (Å²) in [5, 5.41) is 12.2.